The van der Waals surface area contributed by atoms with Crippen LogP contribution in [0.1, 0.15) is 107 Å². The summed E-state index contributed by atoms with van der Waals surface area (Å²) in [5.41, 5.74) is 3.14. The lowest BCUT2D eigenvalue weighted by molar-refractivity contribution is 0.0297. The van der Waals surface area contributed by atoms with Crippen LogP contribution >= 0.6 is 0 Å². The van der Waals surface area contributed by atoms with E-state index in [2.05, 4.69) is 12.4 Å². The van der Waals surface area contributed by atoms with Gasteiger partial charge in [-0.3, -0.25) is 9.63 Å². The molecule has 0 unspecified atom stereocenters. The topological polar surface area (TPSA) is 38.3 Å². The van der Waals surface area contributed by atoms with E-state index in [4.69, 9.17) is 4.84 Å². The number of rotatable bonds is 17. The van der Waals surface area contributed by atoms with Crippen molar-refractivity contribution in [1.29, 1.82) is 0 Å². The van der Waals surface area contributed by atoms with Gasteiger partial charge in [-0.2, -0.15) is 0 Å². The van der Waals surface area contributed by atoms with E-state index in [0.717, 1.165) is 6.42 Å². The van der Waals surface area contributed by atoms with E-state index in [1.807, 2.05) is 18.2 Å². The van der Waals surface area contributed by atoms with Crippen LogP contribution in [0.3, 0.4) is 0 Å². The Morgan fingerprint density at radius 3 is 1.69 bits per heavy atom. The number of unbranched alkanes of at least 4 members (excludes halogenated alkanes) is 13. The summed E-state index contributed by atoms with van der Waals surface area (Å²) in [4.78, 5) is 17.0. The first-order chi connectivity index (χ1) is 12.8. The Morgan fingerprint density at radius 2 is 1.19 bits per heavy atom. The third kappa shape index (κ3) is 12.9. The van der Waals surface area contributed by atoms with E-state index in [1.54, 1.807) is 12.1 Å². The van der Waals surface area contributed by atoms with Gasteiger partial charge in [0.2, 0.25) is 0 Å². The highest BCUT2D eigenvalue weighted by Gasteiger charge is 2.03. The molecule has 1 N–H and O–H groups in total. The molecule has 0 spiro atoms. The normalized spacial score (nSPS) is 10.8. The van der Waals surface area contributed by atoms with Crippen LogP contribution in [0, 0.1) is 0 Å². The smallest absolute Gasteiger partial charge is 0.273 e. The highest BCUT2D eigenvalue weighted by atomic mass is 16.6. The van der Waals surface area contributed by atoms with Gasteiger partial charge >= 0.3 is 0 Å². The predicted molar refractivity (Wildman–Crippen MR) is 110 cm³/mol. The highest BCUT2D eigenvalue weighted by Crippen LogP contribution is 2.12. The quantitative estimate of drug-likeness (QED) is 0.244. The van der Waals surface area contributed by atoms with E-state index in [0.29, 0.717) is 12.2 Å². The van der Waals surface area contributed by atoms with Crippen molar-refractivity contribution in [1.82, 2.24) is 5.48 Å². The summed E-state index contributed by atoms with van der Waals surface area (Å²) in [5, 5.41) is 0. The van der Waals surface area contributed by atoms with Gasteiger partial charge in [-0.25, -0.2) is 5.48 Å². The zero-order valence-corrected chi connectivity index (χ0v) is 16.8. The van der Waals surface area contributed by atoms with Crippen LogP contribution in [0.5, 0.6) is 0 Å². The zero-order chi connectivity index (χ0) is 18.7. The maximum atomic E-state index is 11.8. The molecule has 0 bridgehead atoms. The number of hydroxylamine groups is 1. The third-order valence-electron chi connectivity index (χ3n) is 4.80. The van der Waals surface area contributed by atoms with Crippen molar-refractivity contribution in [3.8, 4) is 0 Å². The molecule has 0 aliphatic carbocycles. The molecule has 0 fully saturated rings. The molecule has 0 saturated carbocycles. The van der Waals surface area contributed by atoms with Gasteiger partial charge in [-0.15, -0.1) is 0 Å². The van der Waals surface area contributed by atoms with Gasteiger partial charge in [0.1, 0.15) is 0 Å². The van der Waals surface area contributed by atoms with Gasteiger partial charge in [0.15, 0.2) is 0 Å². The summed E-state index contributed by atoms with van der Waals surface area (Å²) in [6.45, 7) is 2.87. The maximum Gasteiger partial charge on any atom is 0.274 e. The van der Waals surface area contributed by atoms with E-state index in [9.17, 15) is 4.79 Å². The van der Waals surface area contributed by atoms with E-state index >= 15 is 0 Å². The van der Waals surface area contributed by atoms with Crippen LogP contribution in [0.15, 0.2) is 30.3 Å². The fraction of sp³-hybridized carbons (Fsp3) is 0.696. The Hall–Kier alpha value is -1.35. The number of carbonyl (C=O) groups is 1. The number of carbonyl (C=O) groups excluding carboxylic acids is 1. The number of hydrogen-bond acceptors (Lipinski definition) is 2. The van der Waals surface area contributed by atoms with Crippen molar-refractivity contribution >= 4 is 5.91 Å². The standard InChI is InChI=1S/C23H39NO2/c1-2-3-4-5-6-7-8-9-10-11-12-13-14-18-21-26-24-23(25)22-19-16-15-17-20-22/h15-17,19-20H,2-14,18,21H2,1H3,(H,24,25). The number of benzene rings is 1. The molecule has 1 amide bonds. The van der Waals surface area contributed by atoms with Crippen molar-refractivity contribution in [2.24, 2.45) is 0 Å². The fourth-order valence-corrected chi connectivity index (χ4v) is 3.13. The molecule has 3 heteroatoms. The second-order valence-corrected chi connectivity index (χ2v) is 7.24. The minimum atomic E-state index is -0.170. The Morgan fingerprint density at radius 1 is 0.731 bits per heavy atom. The lowest BCUT2D eigenvalue weighted by Crippen LogP contribution is -2.24. The van der Waals surface area contributed by atoms with Crippen LogP contribution in [0.2, 0.25) is 0 Å². The SMILES string of the molecule is CCCCCCCCCCCCCCCCONC(=O)c1ccccc1. The van der Waals surface area contributed by atoms with Crippen molar-refractivity contribution in [3.05, 3.63) is 35.9 Å². The van der Waals surface area contributed by atoms with Gasteiger partial charge < -0.3 is 0 Å². The molecule has 26 heavy (non-hydrogen) atoms. The highest BCUT2D eigenvalue weighted by molar-refractivity contribution is 5.93. The van der Waals surface area contributed by atoms with Crippen LogP contribution in [-0.2, 0) is 4.84 Å². The minimum Gasteiger partial charge on any atom is -0.273 e. The summed E-state index contributed by atoms with van der Waals surface area (Å²) in [5.74, 6) is -0.170. The first-order valence-corrected chi connectivity index (χ1v) is 10.8. The average molecular weight is 362 g/mol. The molecule has 0 aromatic heterocycles. The average Bonchev–Trinajstić information content (AvgIpc) is 2.68. The molecule has 0 aliphatic rings. The van der Waals surface area contributed by atoms with Crippen molar-refractivity contribution in [2.45, 2.75) is 96.8 Å². The summed E-state index contributed by atoms with van der Waals surface area (Å²) in [6.07, 6.45) is 18.8. The lowest BCUT2D eigenvalue weighted by atomic mass is 10.0. The molecule has 0 radical (unpaired) electrons. The minimum absolute atomic E-state index is 0.170. The van der Waals surface area contributed by atoms with Gasteiger partial charge in [0.25, 0.3) is 5.91 Å². The summed E-state index contributed by atoms with van der Waals surface area (Å²) >= 11 is 0. The van der Waals surface area contributed by atoms with E-state index < -0.39 is 0 Å². The zero-order valence-electron chi connectivity index (χ0n) is 16.8. The molecule has 0 saturated heterocycles. The van der Waals surface area contributed by atoms with Crippen molar-refractivity contribution < 1.29 is 9.63 Å². The van der Waals surface area contributed by atoms with Gasteiger partial charge in [-0.1, -0.05) is 109 Å². The second-order valence-electron chi connectivity index (χ2n) is 7.24. The Labute approximate surface area is 160 Å². The largest absolute Gasteiger partial charge is 0.274 e. The van der Waals surface area contributed by atoms with Crippen LogP contribution in [0.25, 0.3) is 0 Å². The van der Waals surface area contributed by atoms with Crippen molar-refractivity contribution in [3.63, 3.8) is 0 Å². The Balaban J connectivity index is 1.76. The first-order valence-electron chi connectivity index (χ1n) is 10.8. The van der Waals surface area contributed by atoms with Gasteiger partial charge in [-0.05, 0) is 18.6 Å². The molecule has 0 atom stereocenters. The molecule has 0 aliphatic heterocycles. The summed E-state index contributed by atoms with van der Waals surface area (Å²) in [7, 11) is 0. The number of hydrogen-bond donors (Lipinski definition) is 1. The number of nitrogens with one attached hydrogen (secondary N) is 1. The Bertz CT molecular complexity index is 433. The molecule has 1 aromatic rings. The van der Waals surface area contributed by atoms with E-state index in [1.165, 1.54) is 83.5 Å². The monoisotopic (exact) mass is 361 g/mol. The number of amides is 1. The molecule has 1 aromatic carbocycles. The fourth-order valence-electron chi connectivity index (χ4n) is 3.13. The van der Waals surface area contributed by atoms with Crippen LogP contribution in [0.4, 0.5) is 0 Å². The molecule has 3 nitrogen and oxygen atoms in total. The van der Waals surface area contributed by atoms with Crippen LogP contribution in [-0.4, -0.2) is 12.5 Å². The Kier molecular flexibility index (Phi) is 14.9. The van der Waals surface area contributed by atoms with Gasteiger partial charge in [0.05, 0.1) is 6.61 Å². The third-order valence-corrected chi connectivity index (χ3v) is 4.80. The lowest BCUT2D eigenvalue weighted by Gasteiger charge is -2.06. The van der Waals surface area contributed by atoms with Gasteiger partial charge in [0, 0.05) is 5.56 Å². The molecular formula is C23H39NO2. The molecule has 148 valence electrons. The van der Waals surface area contributed by atoms with E-state index in [-0.39, 0.29) is 5.91 Å². The summed E-state index contributed by atoms with van der Waals surface area (Å²) < 4.78 is 0. The molecular weight excluding hydrogens is 322 g/mol. The second kappa shape index (κ2) is 17.1. The van der Waals surface area contributed by atoms with Crippen LogP contribution < -0.4 is 5.48 Å². The predicted octanol–water partition coefficient (Wildman–Crippen LogP) is 6.83. The first kappa shape index (κ1) is 22.7. The maximum absolute atomic E-state index is 11.8. The summed E-state index contributed by atoms with van der Waals surface area (Å²) in [6, 6.07) is 9.16. The molecule has 1 rings (SSSR count). The molecule has 0 heterocycles. The van der Waals surface area contributed by atoms with Crippen molar-refractivity contribution in [2.75, 3.05) is 6.61 Å².